The van der Waals surface area contributed by atoms with Gasteiger partial charge in [-0.3, -0.25) is 9.78 Å². The Balaban J connectivity index is 2.06. The van der Waals surface area contributed by atoms with Crippen LogP contribution in [0.2, 0.25) is 0 Å². The third kappa shape index (κ3) is 3.20. The number of aryl methyl sites for hydroxylation is 2. The van der Waals surface area contributed by atoms with Crippen molar-refractivity contribution in [1.29, 1.82) is 0 Å². The fourth-order valence-electron chi connectivity index (χ4n) is 2.01. The second-order valence-electron chi connectivity index (χ2n) is 4.64. The molecule has 0 aliphatic heterocycles. The number of carbonyl (C=O) groups excluding carboxylic acids is 1. The normalized spacial score (nSPS) is 10.3. The van der Waals surface area contributed by atoms with Crippen LogP contribution < -0.4 is 5.32 Å². The molecular weight excluding hydrogens is 255 g/mol. The third-order valence-corrected chi connectivity index (χ3v) is 3.25. The number of rotatable bonds is 4. The molecule has 1 aromatic heterocycles. The zero-order valence-corrected chi connectivity index (χ0v) is 11.6. The predicted octanol–water partition coefficient (Wildman–Crippen LogP) is 3.02. The molecule has 20 heavy (non-hydrogen) atoms. The van der Waals surface area contributed by atoms with E-state index in [0.717, 1.165) is 17.5 Å². The van der Waals surface area contributed by atoms with E-state index in [1.54, 1.807) is 19.2 Å². The van der Waals surface area contributed by atoms with Gasteiger partial charge in [0.2, 0.25) is 0 Å². The summed E-state index contributed by atoms with van der Waals surface area (Å²) in [5, 5.41) is 2.85. The zero-order chi connectivity index (χ0) is 14.5. The first-order chi connectivity index (χ1) is 9.61. The summed E-state index contributed by atoms with van der Waals surface area (Å²) in [6.07, 6.45) is 4.39. The molecule has 0 atom stereocenters. The quantitative estimate of drug-likeness (QED) is 0.929. The highest BCUT2D eigenvalue weighted by Crippen LogP contribution is 2.10. The second kappa shape index (κ2) is 6.28. The van der Waals surface area contributed by atoms with Crippen molar-refractivity contribution in [2.24, 2.45) is 0 Å². The number of carbonyl (C=O) groups is 1. The van der Waals surface area contributed by atoms with E-state index in [2.05, 4.69) is 10.3 Å². The third-order valence-electron chi connectivity index (χ3n) is 3.25. The summed E-state index contributed by atoms with van der Waals surface area (Å²) in [7, 11) is 0. The molecule has 1 N–H and O–H groups in total. The van der Waals surface area contributed by atoms with E-state index in [4.69, 9.17) is 0 Å². The minimum Gasteiger partial charge on any atom is -0.348 e. The molecule has 0 radical (unpaired) electrons. The first kappa shape index (κ1) is 14.2. The van der Waals surface area contributed by atoms with Crippen LogP contribution in [0.5, 0.6) is 0 Å². The van der Waals surface area contributed by atoms with E-state index < -0.39 is 0 Å². The smallest absolute Gasteiger partial charge is 0.251 e. The van der Waals surface area contributed by atoms with Crippen LogP contribution in [-0.4, -0.2) is 10.9 Å². The Kier molecular flexibility index (Phi) is 4.45. The van der Waals surface area contributed by atoms with Crippen molar-refractivity contribution in [3.05, 3.63) is 64.7 Å². The molecule has 1 aromatic carbocycles. The largest absolute Gasteiger partial charge is 0.348 e. The number of hydrogen-bond donors (Lipinski definition) is 1. The van der Waals surface area contributed by atoms with Crippen LogP contribution in [0.25, 0.3) is 0 Å². The van der Waals surface area contributed by atoms with Crippen molar-refractivity contribution in [1.82, 2.24) is 10.3 Å². The number of pyridine rings is 1. The summed E-state index contributed by atoms with van der Waals surface area (Å²) < 4.78 is 13.2. The molecule has 2 aromatic rings. The fourth-order valence-corrected chi connectivity index (χ4v) is 2.01. The van der Waals surface area contributed by atoms with Gasteiger partial charge in [-0.25, -0.2) is 4.39 Å². The van der Waals surface area contributed by atoms with Crippen molar-refractivity contribution >= 4 is 5.91 Å². The van der Waals surface area contributed by atoms with Gasteiger partial charge in [-0.1, -0.05) is 6.92 Å². The number of aromatic nitrogens is 1. The fraction of sp³-hybridized carbons (Fsp3) is 0.250. The maximum absolute atomic E-state index is 13.2. The lowest BCUT2D eigenvalue weighted by atomic mass is 10.1. The van der Waals surface area contributed by atoms with Crippen LogP contribution in [0.15, 0.2) is 36.7 Å². The number of benzene rings is 1. The highest BCUT2D eigenvalue weighted by molar-refractivity contribution is 5.94. The highest BCUT2D eigenvalue weighted by atomic mass is 19.1. The highest BCUT2D eigenvalue weighted by Gasteiger charge is 2.08. The summed E-state index contributed by atoms with van der Waals surface area (Å²) in [6, 6.07) is 6.26. The molecule has 4 heteroatoms. The molecule has 3 nitrogen and oxygen atoms in total. The Labute approximate surface area is 117 Å². The van der Waals surface area contributed by atoms with Crippen molar-refractivity contribution in [3.8, 4) is 0 Å². The molecule has 0 bridgehead atoms. The Morgan fingerprint density at radius 3 is 2.80 bits per heavy atom. The van der Waals surface area contributed by atoms with Gasteiger partial charge in [0, 0.05) is 24.5 Å². The molecule has 1 heterocycles. The maximum atomic E-state index is 13.2. The van der Waals surface area contributed by atoms with Gasteiger partial charge < -0.3 is 5.32 Å². The van der Waals surface area contributed by atoms with Gasteiger partial charge >= 0.3 is 0 Å². The topological polar surface area (TPSA) is 42.0 Å². The van der Waals surface area contributed by atoms with Crippen molar-refractivity contribution in [2.45, 2.75) is 26.8 Å². The molecule has 104 valence electrons. The Hall–Kier alpha value is -2.23. The summed E-state index contributed by atoms with van der Waals surface area (Å²) in [4.78, 5) is 16.1. The van der Waals surface area contributed by atoms with Crippen LogP contribution in [-0.2, 0) is 13.0 Å². The Morgan fingerprint density at radius 2 is 2.10 bits per heavy atom. The number of hydrogen-bond acceptors (Lipinski definition) is 2. The lowest BCUT2D eigenvalue weighted by Gasteiger charge is -2.09. The van der Waals surface area contributed by atoms with Gasteiger partial charge in [-0.15, -0.1) is 0 Å². The van der Waals surface area contributed by atoms with Crippen molar-refractivity contribution in [3.63, 3.8) is 0 Å². The second-order valence-corrected chi connectivity index (χ2v) is 4.64. The summed E-state index contributed by atoms with van der Waals surface area (Å²) >= 11 is 0. The van der Waals surface area contributed by atoms with Gasteiger partial charge in [0.15, 0.2) is 0 Å². The maximum Gasteiger partial charge on any atom is 0.251 e. The minimum absolute atomic E-state index is 0.202. The van der Waals surface area contributed by atoms with Crippen LogP contribution in [0.4, 0.5) is 4.39 Å². The number of nitrogens with zero attached hydrogens (tertiary/aromatic N) is 1. The van der Waals surface area contributed by atoms with E-state index in [1.807, 2.05) is 19.2 Å². The van der Waals surface area contributed by atoms with Gasteiger partial charge in [0.1, 0.15) is 5.82 Å². The Bertz CT molecular complexity index is 626. The average Bonchev–Trinajstić information content (AvgIpc) is 2.47. The molecule has 0 aliphatic carbocycles. The molecule has 0 fully saturated rings. The van der Waals surface area contributed by atoms with Crippen LogP contribution >= 0.6 is 0 Å². The van der Waals surface area contributed by atoms with Crippen LogP contribution in [0.3, 0.4) is 0 Å². The lowest BCUT2D eigenvalue weighted by molar-refractivity contribution is 0.0950. The van der Waals surface area contributed by atoms with Crippen LogP contribution in [0.1, 0.15) is 34.0 Å². The first-order valence-corrected chi connectivity index (χ1v) is 6.58. The van der Waals surface area contributed by atoms with Gasteiger partial charge in [0.05, 0.1) is 0 Å². The molecule has 1 amide bonds. The monoisotopic (exact) mass is 272 g/mol. The summed E-state index contributed by atoms with van der Waals surface area (Å²) in [5.74, 6) is -0.504. The molecule has 0 spiro atoms. The minimum atomic E-state index is -0.302. The standard InChI is InChI=1S/C16H17FN2O/c1-3-12-9-18-7-6-14(12)10-19-16(20)13-4-5-15(17)11(2)8-13/h4-9H,3,10H2,1-2H3,(H,19,20). The van der Waals surface area contributed by atoms with E-state index in [0.29, 0.717) is 17.7 Å². The van der Waals surface area contributed by atoms with Crippen molar-refractivity contribution < 1.29 is 9.18 Å². The first-order valence-electron chi connectivity index (χ1n) is 6.58. The van der Waals surface area contributed by atoms with Gasteiger partial charge in [-0.05, 0) is 54.3 Å². The van der Waals surface area contributed by atoms with E-state index in [9.17, 15) is 9.18 Å². The number of nitrogens with one attached hydrogen (secondary N) is 1. The van der Waals surface area contributed by atoms with E-state index >= 15 is 0 Å². The molecule has 0 aliphatic rings. The molecule has 0 saturated carbocycles. The Morgan fingerprint density at radius 1 is 1.30 bits per heavy atom. The van der Waals surface area contributed by atoms with Gasteiger partial charge in [0.25, 0.3) is 5.91 Å². The van der Waals surface area contributed by atoms with Crippen LogP contribution in [0, 0.1) is 12.7 Å². The molecule has 2 rings (SSSR count). The number of halogens is 1. The van der Waals surface area contributed by atoms with E-state index in [1.165, 1.54) is 12.1 Å². The molecular formula is C16H17FN2O. The van der Waals surface area contributed by atoms with E-state index in [-0.39, 0.29) is 11.7 Å². The summed E-state index contributed by atoms with van der Waals surface area (Å²) in [6.45, 7) is 4.14. The SMILES string of the molecule is CCc1cnccc1CNC(=O)c1ccc(F)c(C)c1. The predicted molar refractivity (Wildman–Crippen MR) is 75.9 cm³/mol. The van der Waals surface area contributed by atoms with Crippen molar-refractivity contribution in [2.75, 3.05) is 0 Å². The number of amides is 1. The molecule has 0 saturated heterocycles. The van der Waals surface area contributed by atoms with Gasteiger partial charge in [-0.2, -0.15) is 0 Å². The summed E-state index contributed by atoms with van der Waals surface area (Å²) in [5.41, 5.74) is 3.10. The zero-order valence-electron chi connectivity index (χ0n) is 11.6. The lowest BCUT2D eigenvalue weighted by Crippen LogP contribution is -2.23. The average molecular weight is 272 g/mol. The molecule has 0 unspecified atom stereocenters.